The predicted octanol–water partition coefficient (Wildman–Crippen LogP) is 3.79. The molecule has 0 heterocycles. The molecule has 0 unspecified atom stereocenters. The Morgan fingerprint density at radius 2 is 1.80 bits per heavy atom. The van der Waals surface area contributed by atoms with Crippen LogP contribution in [-0.2, 0) is 0 Å². The highest BCUT2D eigenvalue weighted by Gasteiger charge is 2.05. The van der Waals surface area contributed by atoms with Gasteiger partial charge in [-0.1, -0.05) is 12.1 Å². The molecule has 2 aromatic carbocycles. The SMILES string of the molecule is COc1cccc(NC(=O)Nc2ccc(C)c(F)c2)c1. The van der Waals surface area contributed by atoms with Crippen molar-refractivity contribution in [2.75, 3.05) is 17.7 Å². The Bertz CT molecular complexity index is 629. The number of methoxy groups -OCH3 is 1. The highest BCUT2D eigenvalue weighted by atomic mass is 19.1. The third kappa shape index (κ3) is 3.47. The van der Waals surface area contributed by atoms with Crippen LogP contribution in [-0.4, -0.2) is 13.1 Å². The number of aryl methyl sites for hydroxylation is 1. The molecular weight excluding hydrogens is 259 g/mol. The first-order chi connectivity index (χ1) is 9.58. The van der Waals surface area contributed by atoms with Crippen LogP contribution in [0.1, 0.15) is 5.56 Å². The van der Waals surface area contributed by atoms with Crippen LogP contribution in [0.3, 0.4) is 0 Å². The number of ether oxygens (including phenoxy) is 1. The smallest absolute Gasteiger partial charge is 0.323 e. The minimum absolute atomic E-state index is 0.357. The Morgan fingerprint density at radius 3 is 2.45 bits per heavy atom. The lowest BCUT2D eigenvalue weighted by atomic mass is 10.2. The lowest BCUT2D eigenvalue weighted by Crippen LogP contribution is -2.19. The second-order valence-electron chi connectivity index (χ2n) is 4.28. The molecule has 0 fully saturated rings. The average molecular weight is 274 g/mol. The molecule has 0 saturated heterocycles. The molecule has 5 heteroatoms. The van der Waals surface area contributed by atoms with Crippen molar-refractivity contribution in [3.05, 3.63) is 53.8 Å². The van der Waals surface area contributed by atoms with Crippen molar-refractivity contribution in [1.29, 1.82) is 0 Å². The number of urea groups is 1. The Morgan fingerprint density at radius 1 is 1.10 bits per heavy atom. The predicted molar refractivity (Wildman–Crippen MR) is 76.8 cm³/mol. The second kappa shape index (κ2) is 6.06. The quantitative estimate of drug-likeness (QED) is 0.894. The first-order valence-corrected chi connectivity index (χ1v) is 6.06. The monoisotopic (exact) mass is 274 g/mol. The molecule has 2 aromatic rings. The number of anilines is 2. The molecule has 0 aliphatic rings. The van der Waals surface area contributed by atoms with Gasteiger partial charge >= 0.3 is 6.03 Å². The molecule has 20 heavy (non-hydrogen) atoms. The van der Waals surface area contributed by atoms with Gasteiger partial charge in [0, 0.05) is 17.4 Å². The fourth-order valence-corrected chi connectivity index (χ4v) is 1.66. The van der Waals surface area contributed by atoms with Gasteiger partial charge < -0.3 is 15.4 Å². The van der Waals surface area contributed by atoms with Crippen LogP contribution in [0.2, 0.25) is 0 Å². The normalized spacial score (nSPS) is 9.95. The van der Waals surface area contributed by atoms with E-state index in [1.165, 1.54) is 6.07 Å². The summed E-state index contributed by atoms with van der Waals surface area (Å²) in [6.45, 7) is 1.66. The molecule has 0 bridgehead atoms. The summed E-state index contributed by atoms with van der Waals surface area (Å²) in [5, 5.41) is 5.21. The topological polar surface area (TPSA) is 50.4 Å². The molecule has 0 spiro atoms. The van der Waals surface area contributed by atoms with Crippen LogP contribution in [0.25, 0.3) is 0 Å². The molecule has 104 valence electrons. The van der Waals surface area contributed by atoms with Gasteiger partial charge in [-0.25, -0.2) is 9.18 Å². The molecule has 2 N–H and O–H groups in total. The first kappa shape index (κ1) is 13.9. The molecule has 0 aliphatic carbocycles. The third-order valence-corrected chi connectivity index (χ3v) is 2.76. The summed E-state index contributed by atoms with van der Waals surface area (Å²) in [6, 6.07) is 11.0. The van der Waals surface area contributed by atoms with Crippen molar-refractivity contribution in [1.82, 2.24) is 0 Å². The molecule has 4 nitrogen and oxygen atoms in total. The molecule has 0 atom stereocenters. The fourth-order valence-electron chi connectivity index (χ4n) is 1.66. The van der Waals surface area contributed by atoms with Crippen molar-refractivity contribution in [3.8, 4) is 5.75 Å². The summed E-state index contributed by atoms with van der Waals surface area (Å²) < 4.78 is 18.4. The molecule has 0 aliphatic heterocycles. The Balaban J connectivity index is 2.03. The van der Waals surface area contributed by atoms with Gasteiger partial charge in [0.05, 0.1) is 7.11 Å². The minimum atomic E-state index is -0.443. The van der Waals surface area contributed by atoms with E-state index < -0.39 is 6.03 Å². The van der Waals surface area contributed by atoms with Crippen molar-refractivity contribution in [2.24, 2.45) is 0 Å². The van der Waals surface area contributed by atoms with Gasteiger partial charge in [-0.05, 0) is 36.8 Å². The van der Waals surface area contributed by atoms with E-state index in [4.69, 9.17) is 4.74 Å². The van der Waals surface area contributed by atoms with Crippen molar-refractivity contribution >= 4 is 17.4 Å². The van der Waals surface area contributed by atoms with E-state index >= 15 is 0 Å². The van der Waals surface area contributed by atoms with Crippen LogP contribution in [0, 0.1) is 12.7 Å². The highest BCUT2D eigenvalue weighted by Crippen LogP contribution is 2.18. The van der Waals surface area contributed by atoms with E-state index in [0.29, 0.717) is 22.7 Å². The zero-order valence-electron chi connectivity index (χ0n) is 11.2. The van der Waals surface area contributed by atoms with Gasteiger partial charge in [-0.15, -0.1) is 0 Å². The maximum absolute atomic E-state index is 13.4. The van der Waals surface area contributed by atoms with Crippen molar-refractivity contribution < 1.29 is 13.9 Å². The number of carbonyl (C=O) groups is 1. The molecule has 0 saturated carbocycles. The minimum Gasteiger partial charge on any atom is -0.497 e. The molecule has 0 radical (unpaired) electrons. The van der Waals surface area contributed by atoms with E-state index in [0.717, 1.165) is 0 Å². The van der Waals surface area contributed by atoms with Crippen LogP contribution in [0.4, 0.5) is 20.6 Å². The standard InChI is InChI=1S/C15H15FN2O2/c1-10-6-7-12(9-14(10)16)18-15(19)17-11-4-3-5-13(8-11)20-2/h3-9H,1-2H3,(H2,17,18,19). The summed E-state index contributed by atoms with van der Waals surface area (Å²) in [5.41, 5.74) is 1.52. The van der Waals surface area contributed by atoms with Crippen LogP contribution >= 0.6 is 0 Å². The summed E-state index contributed by atoms with van der Waals surface area (Å²) in [6.07, 6.45) is 0. The largest absolute Gasteiger partial charge is 0.497 e. The Kier molecular flexibility index (Phi) is 4.20. The summed E-state index contributed by atoms with van der Waals surface area (Å²) in [5.74, 6) is 0.286. The van der Waals surface area contributed by atoms with Crippen molar-refractivity contribution in [3.63, 3.8) is 0 Å². The van der Waals surface area contributed by atoms with Crippen molar-refractivity contribution in [2.45, 2.75) is 6.92 Å². The number of nitrogens with one attached hydrogen (secondary N) is 2. The zero-order chi connectivity index (χ0) is 14.5. The molecule has 2 amide bonds. The highest BCUT2D eigenvalue weighted by molar-refractivity contribution is 5.99. The van der Waals surface area contributed by atoms with Crippen LogP contribution in [0.15, 0.2) is 42.5 Å². The first-order valence-electron chi connectivity index (χ1n) is 6.06. The van der Waals surface area contributed by atoms with E-state index in [9.17, 15) is 9.18 Å². The zero-order valence-corrected chi connectivity index (χ0v) is 11.2. The number of benzene rings is 2. The average Bonchev–Trinajstić information content (AvgIpc) is 2.43. The maximum Gasteiger partial charge on any atom is 0.323 e. The summed E-state index contributed by atoms with van der Waals surface area (Å²) >= 11 is 0. The number of hydrogen-bond acceptors (Lipinski definition) is 2. The Labute approximate surface area is 116 Å². The lowest BCUT2D eigenvalue weighted by molar-refractivity contribution is 0.262. The van der Waals surface area contributed by atoms with Gasteiger partial charge in [0.2, 0.25) is 0 Å². The van der Waals surface area contributed by atoms with Crippen LogP contribution < -0.4 is 15.4 Å². The number of rotatable bonds is 3. The van der Waals surface area contributed by atoms with Gasteiger partial charge in [-0.3, -0.25) is 0 Å². The lowest BCUT2D eigenvalue weighted by Gasteiger charge is -2.09. The van der Waals surface area contributed by atoms with E-state index in [1.54, 1.807) is 50.4 Å². The molecular formula is C15H15FN2O2. The van der Waals surface area contributed by atoms with E-state index in [2.05, 4.69) is 10.6 Å². The van der Waals surface area contributed by atoms with E-state index in [1.807, 2.05) is 0 Å². The molecule has 0 aromatic heterocycles. The maximum atomic E-state index is 13.4. The summed E-state index contributed by atoms with van der Waals surface area (Å²) in [7, 11) is 1.55. The number of hydrogen-bond donors (Lipinski definition) is 2. The molecule has 2 rings (SSSR count). The number of carbonyl (C=O) groups excluding carboxylic acids is 1. The van der Waals surface area contributed by atoms with Crippen LogP contribution in [0.5, 0.6) is 5.75 Å². The van der Waals surface area contributed by atoms with Gasteiger partial charge in [0.15, 0.2) is 0 Å². The van der Waals surface area contributed by atoms with Gasteiger partial charge in [0.1, 0.15) is 11.6 Å². The van der Waals surface area contributed by atoms with Gasteiger partial charge in [0.25, 0.3) is 0 Å². The van der Waals surface area contributed by atoms with Gasteiger partial charge in [-0.2, -0.15) is 0 Å². The third-order valence-electron chi connectivity index (χ3n) is 2.76. The summed E-state index contributed by atoms with van der Waals surface area (Å²) in [4.78, 5) is 11.8. The van der Waals surface area contributed by atoms with E-state index in [-0.39, 0.29) is 5.82 Å². The fraction of sp³-hybridized carbons (Fsp3) is 0.133. The second-order valence-corrected chi connectivity index (χ2v) is 4.28. The number of amides is 2. The Hall–Kier alpha value is -2.56. The number of halogens is 1.